The first-order valence-corrected chi connectivity index (χ1v) is 9.79. The Morgan fingerprint density at radius 1 is 1.08 bits per heavy atom. The van der Waals surface area contributed by atoms with Gasteiger partial charge < -0.3 is 0 Å². The van der Waals surface area contributed by atoms with Gasteiger partial charge in [-0.05, 0) is 49.4 Å². The van der Waals surface area contributed by atoms with Gasteiger partial charge in [0, 0.05) is 24.5 Å². The van der Waals surface area contributed by atoms with Crippen LogP contribution in [0.15, 0.2) is 36.5 Å². The molecule has 1 fully saturated rings. The highest BCUT2D eigenvalue weighted by molar-refractivity contribution is 5.71. The van der Waals surface area contributed by atoms with Crippen LogP contribution in [0.2, 0.25) is 0 Å². The lowest BCUT2D eigenvalue weighted by Crippen LogP contribution is -2.55. The van der Waals surface area contributed by atoms with E-state index in [0.29, 0.717) is 11.0 Å². The zero-order valence-electron chi connectivity index (χ0n) is 15.7. The summed E-state index contributed by atoms with van der Waals surface area (Å²) in [5, 5.41) is 0. The van der Waals surface area contributed by atoms with Crippen LogP contribution in [-0.2, 0) is 17.4 Å². The number of hydrogen-bond acceptors (Lipinski definition) is 0. The normalized spacial score (nSPS) is 26.5. The maximum Gasteiger partial charge on any atom is 0.216 e. The fraction of sp³-hybridized carbons (Fsp3) is 0.522. The minimum Gasteiger partial charge on any atom is -0.192 e. The van der Waals surface area contributed by atoms with Gasteiger partial charge >= 0.3 is 0 Å². The van der Waals surface area contributed by atoms with Crippen molar-refractivity contribution in [3.63, 3.8) is 0 Å². The number of aromatic nitrogens is 1. The molecule has 0 radical (unpaired) electrons. The first kappa shape index (κ1) is 15.9. The fourth-order valence-electron chi connectivity index (χ4n) is 5.45. The second-order valence-corrected chi connectivity index (χ2v) is 7.89. The quantitative estimate of drug-likeness (QED) is 0.644. The highest BCUT2D eigenvalue weighted by Crippen LogP contribution is 2.67. The summed E-state index contributed by atoms with van der Waals surface area (Å²) in [7, 11) is 0. The molecular formula is C23H30N+. The average molecular weight is 321 g/mol. The molecule has 2 atom stereocenters. The van der Waals surface area contributed by atoms with Gasteiger partial charge in [-0.1, -0.05) is 39.3 Å². The average Bonchev–Trinajstić information content (AvgIpc) is 3.31. The summed E-state index contributed by atoms with van der Waals surface area (Å²) in [6.07, 6.45) is 9.85. The Bertz CT molecular complexity index is 791. The molecule has 2 aliphatic rings. The highest BCUT2D eigenvalue weighted by Gasteiger charge is 2.76. The van der Waals surface area contributed by atoms with Crippen molar-refractivity contribution >= 4 is 0 Å². The van der Waals surface area contributed by atoms with E-state index in [4.69, 9.17) is 0 Å². The largest absolute Gasteiger partial charge is 0.216 e. The number of rotatable bonds is 5. The number of aryl methyl sites for hydroxylation is 2. The van der Waals surface area contributed by atoms with E-state index in [2.05, 4.69) is 68.8 Å². The molecule has 1 aromatic carbocycles. The van der Waals surface area contributed by atoms with Crippen molar-refractivity contribution in [2.45, 2.75) is 77.2 Å². The molecule has 2 unspecified atom stereocenters. The molecule has 24 heavy (non-hydrogen) atoms. The van der Waals surface area contributed by atoms with Gasteiger partial charge in [-0.15, -0.1) is 0 Å². The van der Waals surface area contributed by atoms with Crippen LogP contribution in [0.1, 0.15) is 69.6 Å². The van der Waals surface area contributed by atoms with E-state index in [-0.39, 0.29) is 0 Å². The molecule has 1 saturated carbocycles. The number of benzene rings is 1. The summed E-state index contributed by atoms with van der Waals surface area (Å²) >= 11 is 0. The van der Waals surface area contributed by atoms with Crippen LogP contribution in [-0.4, -0.2) is 0 Å². The van der Waals surface area contributed by atoms with Gasteiger partial charge in [-0.25, -0.2) is 0 Å². The van der Waals surface area contributed by atoms with Crippen molar-refractivity contribution in [2.24, 2.45) is 0 Å². The van der Waals surface area contributed by atoms with Gasteiger partial charge in [0.05, 0.1) is 11.0 Å². The topological polar surface area (TPSA) is 3.88 Å². The molecule has 0 amide bonds. The minimum atomic E-state index is 0.307. The molecule has 0 saturated heterocycles. The van der Waals surface area contributed by atoms with Crippen LogP contribution >= 0.6 is 0 Å². The molecule has 1 nitrogen and oxygen atoms in total. The molecule has 1 aliphatic carbocycles. The smallest absolute Gasteiger partial charge is 0.192 e. The van der Waals surface area contributed by atoms with Crippen LogP contribution in [0.5, 0.6) is 0 Å². The molecule has 1 aliphatic heterocycles. The molecule has 4 rings (SSSR count). The lowest BCUT2D eigenvalue weighted by molar-refractivity contribution is -0.736. The van der Waals surface area contributed by atoms with Crippen molar-refractivity contribution in [1.82, 2.24) is 0 Å². The summed E-state index contributed by atoms with van der Waals surface area (Å²) in [6.45, 7) is 9.31. The molecular weight excluding hydrogens is 290 g/mol. The van der Waals surface area contributed by atoms with Crippen LogP contribution in [0, 0.1) is 6.92 Å². The lowest BCUT2D eigenvalue weighted by atomic mass is 9.78. The molecule has 0 spiro atoms. The maximum absolute atomic E-state index is 2.64. The Morgan fingerprint density at radius 2 is 1.92 bits per heavy atom. The van der Waals surface area contributed by atoms with Crippen LogP contribution in [0.4, 0.5) is 0 Å². The van der Waals surface area contributed by atoms with Gasteiger partial charge in [0.2, 0.25) is 5.69 Å². The maximum atomic E-state index is 2.64. The van der Waals surface area contributed by atoms with Crippen molar-refractivity contribution < 1.29 is 4.57 Å². The summed E-state index contributed by atoms with van der Waals surface area (Å²) in [4.78, 5) is 0. The third kappa shape index (κ3) is 1.84. The SMILES string of the molecule is CCCCc1ccc2c(c1)-c1c(C)ccc[n+]1C1(CC)CC21CC. The van der Waals surface area contributed by atoms with Gasteiger partial charge in [0.25, 0.3) is 0 Å². The first-order chi connectivity index (χ1) is 11.6. The van der Waals surface area contributed by atoms with E-state index in [1.54, 1.807) is 5.56 Å². The molecule has 2 aromatic rings. The van der Waals surface area contributed by atoms with Crippen LogP contribution in [0.3, 0.4) is 0 Å². The number of nitrogens with zero attached hydrogens (tertiary/aromatic N) is 1. The zero-order valence-corrected chi connectivity index (χ0v) is 15.7. The predicted octanol–water partition coefficient (Wildman–Crippen LogP) is 5.46. The van der Waals surface area contributed by atoms with Crippen molar-refractivity contribution in [2.75, 3.05) is 0 Å². The van der Waals surface area contributed by atoms with E-state index in [1.807, 2.05) is 0 Å². The molecule has 0 bridgehead atoms. The van der Waals surface area contributed by atoms with E-state index in [0.717, 1.165) is 0 Å². The predicted molar refractivity (Wildman–Crippen MR) is 100 cm³/mol. The van der Waals surface area contributed by atoms with Crippen molar-refractivity contribution in [1.29, 1.82) is 0 Å². The Labute approximate surface area is 146 Å². The monoisotopic (exact) mass is 320 g/mol. The van der Waals surface area contributed by atoms with Crippen LogP contribution < -0.4 is 4.57 Å². The standard InChI is InChI=1S/C23H30N/c1-5-8-11-18-12-13-20-19(15-18)21-17(4)10-9-14-24(21)23(7-3)16-22(20,23)6-2/h9-10,12-15H,5-8,11,16H2,1-4H3/q+1. The third-order valence-corrected chi connectivity index (χ3v) is 6.88. The second-order valence-electron chi connectivity index (χ2n) is 7.89. The van der Waals surface area contributed by atoms with Gasteiger partial charge in [0.1, 0.15) is 0 Å². The zero-order chi connectivity index (χ0) is 16.9. The molecule has 0 N–H and O–H groups in total. The summed E-state index contributed by atoms with van der Waals surface area (Å²) in [5.41, 5.74) is 8.16. The third-order valence-electron chi connectivity index (χ3n) is 6.88. The molecule has 2 heterocycles. The van der Waals surface area contributed by atoms with Crippen molar-refractivity contribution in [3.8, 4) is 11.3 Å². The van der Waals surface area contributed by atoms with E-state index >= 15 is 0 Å². The van der Waals surface area contributed by atoms with E-state index < -0.39 is 0 Å². The second kappa shape index (κ2) is 5.44. The van der Waals surface area contributed by atoms with E-state index in [1.165, 1.54) is 60.9 Å². The summed E-state index contributed by atoms with van der Waals surface area (Å²) in [5.74, 6) is 0. The Morgan fingerprint density at radius 3 is 2.62 bits per heavy atom. The Hall–Kier alpha value is -1.63. The number of unbranched alkanes of at least 4 members (excludes halogenated alkanes) is 1. The van der Waals surface area contributed by atoms with Gasteiger partial charge in [-0.2, -0.15) is 4.57 Å². The Kier molecular flexibility index (Phi) is 3.60. The van der Waals surface area contributed by atoms with Gasteiger partial charge in [-0.3, -0.25) is 0 Å². The van der Waals surface area contributed by atoms with Gasteiger partial charge in [0.15, 0.2) is 11.7 Å². The highest BCUT2D eigenvalue weighted by atomic mass is 15.2. The summed E-state index contributed by atoms with van der Waals surface area (Å²) in [6, 6.07) is 11.9. The minimum absolute atomic E-state index is 0.307. The molecule has 1 aromatic heterocycles. The van der Waals surface area contributed by atoms with E-state index in [9.17, 15) is 0 Å². The molecule has 126 valence electrons. The lowest BCUT2D eigenvalue weighted by Gasteiger charge is -2.29. The summed E-state index contributed by atoms with van der Waals surface area (Å²) < 4.78 is 2.64. The fourth-order valence-corrected chi connectivity index (χ4v) is 5.45. The molecule has 1 heteroatoms. The van der Waals surface area contributed by atoms with Crippen LogP contribution in [0.25, 0.3) is 11.3 Å². The Balaban J connectivity index is 1.96. The number of pyridine rings is 1. The number of hydrogen-bond donors (Lipinski definition) is 0. The van der Waals surface area contributed by atoms with Crippen molar-refractivity contribution in [3.05, 3.63) is 53.2 Å². The first-order valence-electron chi connectivity index (χ1n) is 9.79. The number of fused-ring (bicyclic) bond motifs is 6.